The van der Waals surface area contributed by atoms with E-state index in [0.717, 1.165) is 53.6 Å². The van der Waals surface area contributed by atoms with E-state index >= 15 is 0 Å². The number of hydrogen-bond donors (Lipinski definition) is 5. The number of nitrogens with one attached hydrogen (secondary N) is 1. The maximum Gasteiger partial charge on any atom is 1.00 e. The summed E-state index contributed by atoms with van der Waals surface area (Å²) in [7, 11) is 4.34. The number of carbonyl (C=O) groups excluding carboxylic acids is 6. The van der Waals surface area contributed by atoms with Crippen molar-refractivity contribution in [3.05, 3.63) is 305 Å². The molecule has 8 aliphatic rings. The van der Waals surface area contributed by atoms with E-state index in [2.05, 4.69) is 97.7 Å². The third kappa shape index (κ3) is 28.9. The zero-order valence-electron chi connectivity index (χ0n) is 68.1. The molecule has 6 aliphatic heterocycles. The zero-order valence-corrected chi connectivity index (χ0v) is 76.8. The van der Waals surface area contributed by atoms with Crippen molar-refractivity contribution in [2.45, 2.75) is 146 Å². The number of amides is 4. The molecule has 6 N–H and O–H groups in total. The summed E-state index contributed by atoms with van der Waals surface area (Å²) in [6.45, 7) is 13.0. The fraction of sp³-hybridized carbons (Fsp3) is 0.270. The number of imide groups is 2. The van der Waals surface area contributed by atoms with Crippen LogP contribution >= 0.6 is 60.6 Å². The molecule has 1 radical (unpaired) electrons. The molecule has 643 valence electrons. The van der Waals surface area contributed by atoms with E-state index in [-0.39, 0.29) is 139 Å². The number of fused-ring (bicyclic) bond motifs is 9. The van der Waals surface area contributed by atoms with Crippen LogP contribution in [0.25, 0.3) is 16.2 Å². The number of ether oxygens (including phenoxy) is 2. The number of benzene rings is 8. The van der Waals surface area contributed by atoms with E-state index in [4.69, 9.17) is 42.7 Å². The first-order valence-corrected chi connectivity index (χ1v) is 41.3. The number of thiol groups is 1. The molecule has 0 bridgehead atoms. The summed E-state index contributed by atoms with van der Waals surface area (Å²) < 4.78 is 96.5. The average Bonchev–Trinajstić information content (AvgIpc) is 1.60. The molecule has 1 aromatic heterocycles. The number of nitrogens with two attached hydrogens (primary N) is 1. The van der Waals surface area contributed by atoms with E-state index in [1.165, 1.54) is 112 Å². The van der Waals surface area contributed by atoms with Gasteiger partial charge >= 0.3 is 76.1 Å². The minimum atomic E-state index is -0.885. The van der Waals surface area contributed by atoms with Gasteiger partial charge in [0.05, 0.1) is 94.5 Å². The molecule has 9 aromatic rings. The topological polar surface area (TPSA) is 367 Å². The van der Waals surface area contributed by atoms with Gasteiger partial charge in [-0.3, -0.25) is 44.0 Å². The normalized spacial score (nSPS) is 15.7. The number of allylic oxidation sites excluding steroid dienone is 1. The minimum absolute atomic E-state index is 0. The van der Waals surface area contributed by atoms with E-state index < -0.39 is 23.9 Å². The number of aliphatic imine (C=N–C) groups is 2. The fourth-order valence-electron chi connectivity index (χ4n) is 13.3. The number of nitrogens with zero attached hydrogens (tertiary/aromatic N) is 11. The quantitative estimate of drug-likeness (QED) is 0.0103. The van der Waals surface area contributed by atoms with Crippen LogP contribution in [0, 0.1) is 82.4 Å². The Morgan fingerprint density at radius 1 is 0.688 bits per heavy atom. The summed E-state index contributed by atoms with van der Waals surface area (Å²) in [6.07, 6.45) is 15.7. The Morgan fingerprint density at radius 2 is 1.14 bits per heavy atom. The summed E-state index contributed by atoms with van der Waals surface area (Å²) >= 11 is 12.9. The van der Waals surface area contributed by atoms with Crippen molar-refractivity contribution in [1.82, 2.24) is 24.7 Å². The minimum Gasteiger partial charge on any atom is -0.870 e. The van der Waals surface area contributed by atoms with Gasteiger partial charge in [-0.25, -0.2) is 41.2 Å². The third-order valence-electron chi connectivity index (χ3n) is 19.2. The molecule has 8 aromatic carbocycles. The van der Waals surface area contributed by atoms with E-state index in [9.17, 15) is 60.2 Å². The summed E-state index contributed by atoms with van der Waals surface area (Å²) in [5.74, 6) is -1.68. The number of aliphatic hydroxyl groups is 2. The fourth-order valence-corrected chi connectivity index (χ4v) is 14.5. The Hall–Kier alpha value is -10.3. The molecule has 17 rings (SSSR count). The molecule has 125 heavy (non-hydrogen) atoms. The van der Waals surface area contributed by atoms with Crippen LogP contribution in [0.1, 0.15) is 186 Å². The molecule has 2 saturated carbocycles. The van der Waals surface area contributed by atoms with Gasteiger partial charge in [-0.15, -0.1) is 0 Å². The van der Waals surface area contributed by atoms with Gasteiger partial charge in [-0.1, -0.05) is 142 Å². The maximum absolute atomic E-state index is 14.1. The van der Waals surface area contributed by atoms with Gasteiger partial charge in [0.1, 0.15) is 75.4 Å². The summed E-state index contributed by atoms with van der Waals surface area (Å²) in [6, 6.07) is 46.6. The number of aromatic nitrogens is 2. The van der Waals surface area contributed by atoms with Crippen molar-refractivity contribution < 1.29 is 132 Å². The predicted octanol–water partition coefficient (Wildman–Crippen LogP) is 14.7. The zero-order chi connectivity index (χ0) is 89.8. The molecule has 2 aliphatic carbocycles. The number of hydrogen-bond acceptors (Lipinski definition) is 21. The molecular weight excluding hydrogens is 1860 g/mol. The standard InChI is InChI=1S/C17H20BrFN2O2.C16H9FN2O2.C11H7FN2O.C9H13BrO2.C8H5BrFN.C8H7FN2.C8H6FN.C8H5NO2.C2H3N.C2H6O.BHNS.K.H2O/c18-14-16(22)20-15-11-7-4-8-13(19)12(11)9-21(15)17(14)23-10-5-2-1-3-6-10;1-18-14-8-4-7-13(17)12(14)9-19-15(20)10-5-2-3-6-11(10)16(19)21;12-10-3-1-2-8-9(10)5-14-4-7(6-15)13-11(8)14;10-8(6-11)7-12-9-4-2-1-3-5-9;9-4-7-6(5-11)2-1-3-8(7)10;9-7-3-1-2-5-6(7)4-11-8(5)10;1-6-7(5-10)3-2-4-8(6)9;10-7-5-3-1-2-4-6(5)8(11)9-7;3*1-2-3;;/h4,7-8,10,14,16-17,22H,1-3,5-6,9H2;2-8H,9H2;1-4,6H,5H2;6-7,9H,1-5H2;1-3H,4H2;1-3H,4H2,(H2,10,11);2-4H,1H3;1-4H,(H,9,10,11);1H3;3H,2H2,1H3;3H;;1H2/q;;;;;;;;;;;+1;/p-1/b;;;8-7+;;;;;;;;;. The van der Waals surface area contributed by atoms with Crippen molar-refractivity contribution >= 4 is 122 Å². The average molecular weight is 1950 g/mol. The first-order chi connectivity index (χ1) is 59.3. The number of imidazole rings is 1. The molecule has 3 unspecified atom stereocenters. The Labute approximate surface area is 793 Å². The number of aldehydes is 2. The number of halogens is 9. The Bertz CT molecular complexity index is 5500. The van der Waals surface area contributed by atoms with Gasteiger partial charge in [0.2, 0.25) is 0 Å². The molecule has 2 fully saturated rings. The van der Waals surface area contributed by atoms with Gasteiger partial charge in [-0.2, -0.15) is 15.8 Å². The van der Waals surface area contributed by atoms with Gasteiger partial charge < -0.3 is 40.4 Å². The third-order valence-corrected chi connectivity index (χ3v) is 21.1. The van der Waals surface area contributed by atoms with Crippen LogP contribution in [0.4, 0.5) is 32.0 Å². The largest absolute Gasteiger partial charge is 1.00 e. The van der Waals surface area contributed by atoms with Crippen molar-refractivity contribution in [2.75, 3.05) is 6.61 Å². The molecule has 4 amide bonds. The summed E-state index contributed by atoms with van der Waals surface area (Å²) in [5.41, 5.74) is 13.4. The molecule has 0 spiro atoms. The second kappa shape index (κ2) is 53.9. The smallest absolute Gasteiger partial charge is 0.870 e. The van der Waals surface area contributed by atoms with Crippen molar-refractivity contribution in [3.63, 3.8) is 0 Å². The van der Waals surface area contributed by atoms with E-state index in [0.29, 0.717) is 126 Å². The summed E-state index contributed by atoms with van der Waals surface area (Å²) in [5, 5.41) is 44.7. The van der Waals surface area contributed by atoms with Crippen LogP contribution in [0.5, 0.6) is 0 Å². The van der Waals surface area contributed by atoms with Crippen LogP contribution in [0.3, 0.4) is 0 Å². The Kier molecular flexibility index (Phi) is 45.4. The number of rotatable bonds is 9. The maximum atomic E-state index is 14.1. The molecule has 0 saturated heterocycles. The first kappa shape index (κ1) is 105. The molecule has 36 heteroatoms. The SMILES string of the molecule is CC#N.CCO.Cc1c(F)cccc1C#N.N#Cc1cccc(F)c1CBr.NC1=NCc2c(F)cccc21.O=C/C(Br)=C\OC1CCCCC1.O=C1NC(=O)c2ccccc21.O=Cc1cn2c(n1)-c1cccc(F)c1C2.OC1N=C2c3cccc(F)c3CN2C(OC2CCCCC2)C1Br.[B]=NS.[C-]#[N+]c1cccc(F)c1CN1C(=O)c2ccccc2C1=O.[K+].[OH-]. The van der Waals surface area contributed by atoms with Crippen LogP contribution < -0.4 is 62.4 Å². The molecule has 7 heterocycles. The van der Waals surface area contributed by atoms with Crippen molar-refractivity contribution in [1.29, 1.82) is 15.8 Å². The number of nitriles is 3. The predicted molar refractivity (Wildman–Crippen MR) is 467 cm³/mol. The molecular formula is C89H83BBr3F6KN13O11S. The van der Waals surface area contributed by atoms with E-state index in [1.807, 2.05) is 29.2 Å². The monoisotopic (exact) mass is 1940 g/mol. The van der Waals surface area contributed by atoms with Gasteiger partial charge in [-0.05, 0) is 141 Å². The molecule has 3 atom stereocenters. The first-order valence-electron chi connectivity index (χ1n) is 38.1. The Morgan fingerprint density at radius 3 is 1.64 bits per heavy atom. The molecule has 24 nitrogen and oxygen atoms in total. The van der Waals surface area contributed by atoms with Gasteiger partial charge in [0.25, 0.3) is 23.6 Å². The number of amidine groups is 2. The second-order valence-corrected chi connectivity index (χ2v) is 29.9. The number of aliphatic hydroxyl groups excluding tert-OH is 2. The van der Waals surface area contributed by atoms with E-state index in [1.54, 1.807) is 116 Å². The van der Waals surface area contributed by atoms with Crippen molar-refractivity contribution in [3.8, 4) is 29.6 Å². The van der Waals surface area contributed by atoms with Gasteiger partial charge in [0.15, 0.2) is 24.5 Å². The number of alkyl halides is 2. The number of carbonyl (C=O) groups is 6. The van der Waals surface area contributed by atoms with Crippen molar-refractivity contribution in [2.24, 2.45) is 20.0 Å². The van der Waals surface area contributed by atoms with Crippen LogP contribution in [-0.2, 0) is 45.8 Å². The van der Waals surface area contributed by atoms with Crippen LogP contribution in [-0.4, -0.2) is 127 Å². The van der Waals surface area contributed by atoms with Gasteiger partial charge in [0, 0.05) is 81.7 Å². The Balaban J connectivity index is 0.000000254. The second-order valence-electron chi connectivity index (χ2n) is 27.1. The van der Waals surface area contributed by atoms with Crippen LogP contribution in [0.2, 0.25) is 0 Å². The van der Waals surface area contributed by atoms with Crippen LogP contribution in [0.15, 0.2) is 189 Å². The summed E-state index contributed by atoms with van der Waals surface area (Å²) in [4.78, 5) is 85.3.